The van der Waals surface area contributed by atoms with Gasteiger partial charge in [0.2, 0.25) is 10.0 Å². The lowest BCUT2D eigenvalue weighted by Gasteiger charge is -2.37. The number of benzene rings is 1. The monoisotopic (exact) mass is 397 g/mol. The molecule has 0 aliphatic carbocycles. The van der Waals surface area contributed by atoms with Crippen molar-refractivity contribution >= 4 is 21.6 Å². The van der Waals surface area contributed by atoms with E-state index in [2.05, 4.69) is 10.2 Å². The topological polar surface area (TPSA) is 52.7 Å². The lowest BCUT2D eigenvalue weighted by atomic mass is 10.2. The molecule has 0 aromatic heterocycles. The molecule has 0 spiro atoms. The summed E-state index contributed by atoms with van der Waals surface area (Å²) in [5, 5.41) is 3.07. The number of hydrogen-bond acceptors (Lipinski definition) is 4. The fraction of sp³-hybridized carbons (Fsp3) is 0.600. The zero-order valence-electron chi connectivity index (χ0n) is 13.4. The van der Waals surface area contributed by atoms with Crippen LogP contribution in [0.1, 0.15) is 12.0 Å². The van der Waals surface area contributed by atoms with Crippen molar-refractivity contribution in [2.45, 2.75) is 23.5 Å². The molecule has 1 atom stereocenters. The number of sulfonamides is 1. The molecule has 5 nitrogen and oxygen atoms in total. The van der Waals surface area contributed by atoms with Crippen LogP contribution in [0.4, 0.5) is 13.2 Å². The average Bonchev–Trinajstić information content (AvgIpc) is 3.08. The first-order valence-corrected chi connectivity index (χ1v) is 9.83. The van der Waals surface area contributed by atoms with Crippen LogP contribution in [0.3, 0.4) is 0 Å². The van der Waals surface area contributed by atoms with Gasteiger partial charge in [-0.2, -0.15) is 17.5 Å². The van der Waals surface area contributed by atoms with Gasteiger partial charge < -0.3 is 5.32 Å². The molecule has 2 aliphatic heterocycles. The maximum Gasteiger partial charge on any atom is 0.416 e. The Hall–Kier alpha value is -0.870. The minimum absolute atomic E-state index is 0.199. The average molecular weight is 398 g/mol. The standard InChI is InChI=1S/C15H19ClF3N3O2S/c16-13-2-1-11(15(17,18)19)9-14(13)25(23,24)22-7-5-21(6-8-22)12-3-4-20-10-12/h1-2,9,12,20H,3-8,10H2. The first-order valence-electron chi connectivity index (χ1n) is 8.01. The molecule has 2 heterocycles. The van der Waals surface area contributed by atoms with Crippen LogP contribution in [0.25, 0.3) is 0 Å². The van der Waals surface area contributed by atoms with Crippen molar-refractivity contribution in [1.29, 1.82) is 0 Å². The highest BCUT2D eigenvalue weighted by molar-refractivity contribution is 7.89. The number of rotatable bonds is 3. The molecule has 1 N–H and O–H groups in total. The van der Waals surface area contributed by atoms with Gasteiger partial charge in [0.1, 0.15) is 4.90 Å². The van der Waals surface area contributed by atoms with Crippen molar-refractivity contribution in [3.8, 4) is 0 Å². The molecule has 2 fully saturated rings. The summed E-state index contributed by atoms with van der Waals surface area (Å²) < 4.78 is 65.4. The molecule has 25 heavy (non-hydrogen) atoms. The molecule has 3 rings (SSSR count). The predicted octanol–water partition coefficient (Wildman–Crippen LogP) is 2.03. The third kappa shape index (κ3) is 3.95. The lowest BCUT2D eigenvalue weighted by molar-refractivity contribution is -0.137. The summed E-state index contributed by atoms with van der Waals surface area (Å²) in [6.45, 7) is 3.43. The van der Waals surface area contributed by atoms with E-state index in [0.717, 1.165) is 31.6 Å². The van der Waals surface area contributed by atoms with Gasteiger partial charge >= 0.3 is 6.18 Å². The van der Waals surface area contributed by atoms with Crippen LogP contribution >= 0.6 is 11.6 Å². The van der Waals surface area contributed by atoms with Crippen LogP contribution in [-0.4, -0.2) is 62.9 Å². The van der Waals surface area contributed by atoms with Crippen LogP contribution in [0, 0.1) is 0 Å². The normalized spacial score (nSPS) is 23.9. The Morgan fingerprint density at radius 2 is 1.84 bits per heavy atom. The van der Waals surface area contributed by atoms with Crippen molar-refractivity contribution in [2.24, 2.45) is 0 Å². The Kier molecular flexibility index (Phi) is 5.32. The summed E-state index contributed by atoms with van der Waals surface area (Å²) in [7, 11) is -4.06. The molecule has 0 radical (unpaired) electrons. The Morgan fingerprint density at radius 1 is 1.16 bits per heavy atom. The van der Waals surface area contributed by atoms with Crippen LogP contribution in [0.2, 0.25) is 5.02 Å². The van der Waals surface area contributed by atoms with Gasteiger partial charge in [0.25, 0.3) is 0 Å². The van der Waals surface area contributed by atoms with E-state index in [-0.39, 0.29) is 18.1 Å². The van der Waals surface area contributed by atoms with Gasteiger partial charge in [0.05, 0.1) is 10.6 Å². The Morgan fingerprint density at radius 3 is 2.40 bits per heavy atom. The highest BCUT2D eigenvalue weighted by atomic mass is 35.5. The van der Waals surface area contributed by atoms with Crippen LogP contribution < -0.4 is 5.32 Å². The Bertz CT molecular complexity index is 728. The van der Waals surface area contributed by atoms with Gasteiger partial charge in [-0.25, -0.2) is 8.42 Å². The largest absolute Gasteiger partial charge is 0.416 e. The molecular weight excluding hydrogens is 379 g/mol. The minimum atomic E-state index is -4.62. The first-order chi connectivity index (χ1) is 11.7. The van der Waals surface area contributed by atoms with E-state index in [0.29, 0.717) is 25.2 Å². The summed E-state index contributed by atoms with van der Waals surface area (Å²) in [6.07, 6.45) is -3.60. The summed E-state index contributed by atoms with van der Waals surface area (Å²) in [5.74, 6) is 0. The number of hydrogen-bond donors (Lipinski definition) is 1. The fourth-order valence-corrected chi connectivity index (χ4v) is 5.20. The van der Waals surface area contributed by atoms with E-state index < -0.39 is 26.7 Å². The van der Waals surface area contributed by atoms with Gasteiger partial charge in [-0.3, -0.25) is 4.90 Å². The van der Waals surface area contributed by atoms with Crippen molar-refractivity contribution in [3.63, 3.8) is 0 Å². The predicted molar refractivity (Wildman–Crippen MR) is 88.1 cm³/mol. The molecule has 0 bridgehead atoms. The van der Waals surface area contributed by atoms with Crippen molar-refractivity contribution in [2.75, 3.05) is 39.3 Å². The fourth-order valence-electron chi connectivity index (χ4n) is 3.28. The molecule has 0 saturated carbocycles. The Labute approximate surface area is 149 Å². The Balaban J connectivity index is 1.78. The van der Waals surface area contributed by atoms with E-state index in [1.807, 2.05) is 0 Å². The van der Waals surface area contributed by atoms with Crippen LogP contribution in [0.15, 0.2) is 23.1 Å². The summed E-state index contributed by atoms with van der Waals surface area (Å²) >= 11 is 5.89. The second kappa shape index (κ2) is 7.03. The highest BCUT2D eigenvalue weighted by Crippen LogP contribution is 2.34. The van der Waals surface area contributed by atoms with Gasteiger partial charge in [-0.1, -0.05) is 11.6 Å². The van der Waals surface area contributed by atoms with Crippen molar-refractivity contribution in [1.82, 2.24) is 14.5 Å². The molecular formula is C15H19ClF3N3O2S. The second-order valence-corrected chi connectivity index (χ2v) is 8.54. The molecule has 1 aromatic rings. The number of nitrogens with one attached hydrogen (secondary N) is 1. The van der Waals surface area contributed by atoms with E-state index in [1.54, 1.807) is 0 Å². The quantitative estimate of drug-likeness (QED) is 0.848. The van der Waals surface area contributed by atoms with E-state index >= 15 is 0 Å². The third-order valence-electron chi connectivity index (χ3n) is 4.70. The van der Waals surface area contributed by atoms with Crippen LogP contribution in [0.5, 0.6) is 0 Å². The number of nitrogens with zero attached hydrogens (tertiary/aromatic N) is 2. The highest BCUT2D eigenvalue weighted by Gasteiger charge is 2.36. The SMILES string of the molecule is O=S(=O)(c1cc(C(F)(F)F)ccc1Cl)N1CCN(C2CCNC2)CC1. The van der Waals surface area contributed by atoms with Crippen molar-refractivity contribution in [3.05, 3.63) is 28.8 Å². The van der Waals surface area contributed by atoms with Crippen LogP contribution in [-0.2, 0) is 16.2 Å². The summed E-state index contributed by atoms with van der Waals surface area (Å²) in [4.78, 5) is 1.74. The van der Waals surface area contributed by atoms with Gasteiger partial charge in [-0.05, 0) is 31.2 Å². The van der Waals surface area contributed by atoms with E-state index in [9.17, 15) is 21.6 Å². The number of alkyl halides is 3. The first kappa shape index (κ1) is 18.9. The molecule has 1 aromatic carbocycles. The lowest BCUT2D eigenvalue weighted by Crippen LogP contribution is -2.52. The molecule has 10 heteroatoms. The zero-order valence-corrected chi connectivity index (χ0v) is 15.0. The second-order valence-electron chi connectivity index (χ2n) is 6.23. The van der Waals surface area contributed by atoms with Crippen molar-refractivity contribution < 1.29 is 21.6 Å². The molecule has 140 valence electrons. The van der Waals surface area contributed by atoms with Gasteiger partial charge in [-0.15, -0.1) is 0 Å². The molecule has 2 saturated heterocycles. The summed E-state index contributed by atoms with van der Waals surface area (Å²) in [6, 6.07) is 2.77. The third-order valence-corrected chi connectivity index (χ3v) is 7.08. The van der Waals surface area contributed by atoms with E-state index in [4.69, 9.17) is 11.6 Å². The number of piperazine rings is 1. The minimum Gasteiger partial charge on any atom is -0.315 e. The molecule has 1 unspecified atom stereocenters. The maximum atomic E-state index is 12.9. The summed E-state index contributed by atoms with van der Waals surface area (Å²) in [5.41, 5.74) is -1.02. The van der Waals surface area contributed by atoms with E-state index in [1.165, 1.54) is 4.31 Å². The van der Waals surface area contributed by atoms with Gasteiger partial charge in [0.15, 0.2) is 0 Å². The zero-order chi connectivity index (χ0) is 18.2. The molecule has 0 amide bonds. The number of halogens is 4. The van der Waals surface area contributed by atoms with Gasteiger partial charge in [0, 0.05) is 38.8 Å². The smallest absolute Gasteiger partial charge is 0.315 e. The molecule has 2 aliphatic rings. The maximum absolute atomic E-state index is 12.9.